The molecule has 1 nitrogen and oxygen atoms in total. The molecule has 1 aromatic heterocycles. The molecule has 0 spiro atoms. The maximum absolute atomic E-state index is 5.82. The van der Waals surface area contributed by atoms with Crippen molar-refractivity contribution >= 4 is 11.3 Å². The van der Waals surface area contributed by atoms with E-state index < -0.39 is 0 Å². The molecule has 1 heterocycles. The van der Waals surface area contributed by atoms with Crippen molar-refractivity contribution < 1.29 is 0 Å². The van der Waals surface area contributed by atoms with E-state index in [9.17, 15) is 0 Å². The maximum Gasteiger partial charge on any atom is 0.101 e. The summed E-state index contributed by atoms with van der Waals surface area (Å²) >= 11 is 1.81. The number of aryl methyl sites for hydroxylation is 2. The molecular weight excluding hydrogens is 190 g/mol. The van der Waals surface area contributed by atoms with Gasteiger partial charge in [0.15, 0.2) is 0 Å². The molecule has 1 unspecified atom stereocenters. The molecule has 1 aromatic rings. The van der Waals surface area contributed by atoms with E-state index in [4.69, 9.17) is 12.2 Å². The lowest BCUT2D eigenvalue weighted by Gasteiger charge is -1.98. The minimum atomic E-state index is -0.202. The monoisotopic (exact) mass is 205 g/mol. The lowest BCUT2D eigenvalue weighted by molar-refractivity contribution is 0.712. The first-order chi connectivity index (χ1) is 6.81. The maximum atomic E-state index is 5.82. The fourth-order valence-electron chi connectivity index (χ4n) is 1.93. The van der Waals surface area contributed by atoms with Crippen molar-refractivity contribution in [1.29, 1.82) is 0 Å². The van der Waals surface area contributed by atoms with E-state index in [1.165, 1.54) is 47.4 Å². The third-order valence-corrected chi connectivity index (χ3v) is 4.07. The molecule has 2 rings (SSSR count). The van der Waals surface area contributed by atoms with Crippen LogP contribution < -0.4 is 5.73 Å². The van der Waals surface area contributed by atoms with Crippen LogP contribution in [0.1, 0.15) is 40.6 Å². The molecule has 2 heteroatoms. The third-order valence-electron chi connectivity index (χ3n) is 2.75. The minimum Gasteiger partial charge on any atom is -0.313 e. The molecule has 0 aliphatic heterocycles. The predicted molar refractivity (Wildman–Crippen MR) is 61.3 cm³/mol. The topological polar surface area (TPSA) is 26.0 Å². The largest absolute Gasteiger partial charge is 0.313 e. The molecule has 1 aliphatic carbocycles. The fraction of sp³-hybridized carbons (Fsp3) is 0.500. The van der Waals surface area contributed by atoms with Crippen LogP contribution in [-0.2, 0) is 12.8 Å². The first-order valence-electron chi connectivity index (χ1n) is 5.14. The fourth-order valence-corrected chi connectivity index (χ4v) is 3.15. The first kappa shape index (κ1) is 9.76. The summed E-state index contributed by atoms with van der Waals surface area (Å²) in [5.41, 5.74) is 7.31. The van der Waals surface area contributed by atoms with Crippen molar-refractivity contribution in [2.45, 2.75) is 38.1 Å². The van der Waals surface area contributed by atoms with Gasteiger partial charge in [0.2, 0.25) is 0 Å². The van der Waals surface area contributed by atoms with Crippen molar-refractivity contribution in [3.05, 3.63) is 21.4 Å². The molecule has 0 amide bonds. The van der Waals surface area contributed by atoms with Gasteiger partial charge in [0.25, 0.3) is 0 Å². The number of hydrogen-bond donors (Lipinski definition) is 1. The molecule has 0 radical (unpaired) electrons. The van der Waals surface area contributed by atoms with E-state index >= 15 is 0 Å². The Morgan fingerprint density at radius 1 is 1.36 bits per heavy atom. The molecule has 1 aliphatic rings. The molecule has 0 bridgehead atoms. The van der Waals surface area contributed by atoms with Crippen molar-refractivity contribution in [2.24, 2.45) is 5.73 Å². The average molecular weight is 205 g/mol. The van der Waals surface area contributed by atoms with Gasteiger partial charge >= 0.3 is 0 Å². The Morgan fingerprint density at radius 3 is 2.93 bits per heavy atom. The van der Waals surface area contributed by atoms with Crippen LogP contribution in [0.25, 0.3) is 0 Å². The van der Waals surface area contributed by atoms with Crippen LogP contribution in [-0.4, -0.2) is 0 Å². The van der Waals surface area contributed by atoms with E-state index in [-0.39, 0.29) is 6.04 Å². The number of thiophene rings is 1. The van der Waals surface area contributed by atoms with Crippen LogP contribution in [0.4, 0.5) is 0 Å². The Kier molecular flexibility index (Phi) is 2.90. The van der Waals surface area contributed by atoms with Gasteiger partial charge in [-0.2, -0.15) is 0 Å². The summed E-state index contributed by atoms with van der Waals surface area (Å²) in [5, 5.41) is 0. The average Bonchev–Trinajstić information content (AvgIpc) is 2.49. The lowest BCUT2D eigenvalue weighted by Crippen LogP contribution is -2.04. The van der Waals surface area contributed by atoms with Crippen LogP contribution in [0.5, 0.6) is 0 Å². The van der Waals surface area contributed by atoms with Crippen molar-refractivity contribution in [2.75, 3.05) is 0 Å². The number of rotatable bonds is 1. The van der Waals surface area contributed by atoms with Crippen LogP contribution in [0.2, 0.25) is 0 Å². The Bertz CT molecular complexity index is 335. The van der Waals surface area contributed by atoms with Gasteiger partial charge in [0.1, 0.15) is 6.04 Å². The van der Waals surface area contributed by atoms with Gasteiger partial charge in [0, 0.05) is 9.75 Å². The summed E-state index contributed by atoms with van der Waals surface area (Å²) in [7, 11) is 0. The van der Waals surface area contributed by atoms with Gasteiger partial charge in [-0.3, -0.25) is 0 Å². The van der Waals surface area contributed by atoms with E-state index in [1.54, 1.807) is 0 Å². The normalized spacial score (nSPS) is 18.0. The van der Waals surface area contributed by atoms with Gasteiger partial charge in [-0.1, -0.05) is 12.3 Å². The Labute approximate surface area is 89.3 Å². The molecule has 0 saturated carbocycles. The van der Waals surface area contributed by atoms with Gasteiger partial charge < -0.3 is 5.73 Å². The lowest BCUT2D eigenvalue weighted by atomic mass is 10.1. The van der Waals surface area contributed by atoms with E-state index in [0.717, 1.165) is 0 Å². The second-order valence-electron chi connectivity index (χ2n) is 3.80. The predicted octanol–water partition coefficient (Wildman–Crippen LogP) is 2.65. The van der Waals surface area contributed by atoms with E-state index in [1.807, 2.05) is 11.3 Å². The zero-order valence-electron chi connectivity index (χ0n) is 8.25. The van der Waals surface area contributed by atoms with Crippen molar-refractivity contribution in [3.63, 3.8) is 0 Å². The summed E-state index contributed by atoms with van der Waals surface area (Å²) in [6.45, 7) is 0. The second-order valence-corrected chi connectivity index (χ2v) is 4.97. The van der Waals surface area contributed by atoms with Crippen LogP contribution in [0, 0.1) is 12.3 Å². The highest BCUT2D eigenvalue weighted by atomic mass is 32.1. The standard InChI is InChI=1S/C12H15NS/c1-2-10(13)12-8-9-6-4-3-5-7-11(9)14-12/h1,8,10H,3-7,13H2. The smallest absolute Gasteiger partial charge is 0.101 e. The number of terminal acetylenes is 1. The number of fused-ring (bicyclic) bond motifs is 1. The molecule has 0 saturated heterocycles. The SMILES string of the molecule is C#CC(N)c1cc2c(s1)CCCCC2. The van der Waals surface area contributed by atoms with E-state index in [0.29, 0.717) is 0 Å². The summed E-state index contributed by atoms with van der Waals surface area (Å²) < 4.78 is 0. The van der Waals surface area contributed by atoms with Gasteiger partial charge in [-0.15, -0.1) is 17.8 Å². The Balaban J connectivity index is 2.27. The van der Waals surface area contributed by atoms with Gasteiger partial charge in [0.05, 0.1) is 0 Å². The molecule has 0 fully saturated rings. The molecule has 74 valence electrons. The molecule has 1 atom stereocenters. The Hall–Kier alpha value is -0.780. The van der Waals surface area contributed by atoms with Gasteiger partial charge in [-0.05, 0) is 37.3 Å². The third kappa shape index (κ3) is 1.84. The summed E-state index contributed by atoms with van der Waals surface area (Å²) in [6.07, 6.45) is 11.7. The van der Waals surface area contributed by atoms with Crippen LogP contribution >= 0.6 is 11.3 Å². The summed E-state index contributed by atoms with van der Waals surface area (Å²) in [5.74, 6) is 2.59. The first-order valence-corrected chi connectivity index (χ1v) is 5.96. The van der Waals surface area contributed by atoms with Crippen molar-refractivity contribution in [3.8, 4) is 12.3 Å². The highest BCUT2D eigenvalue weighted by Crippen LogP contribution is 2.31. The number of hydrogen-bond acceptors (Lipinski definition) is 2. The van der Waals surface area contributed by atoms with Crippen LogP contribution in [0.3, 0.4) is 0 Å². The number of nitrogens with two attached hydrogens (primary N) is 1. The zero-order valence-corrected chi connectivity index (χ0v) is 9.07. The highest BCUT2D eigenvalue weighted by Gasteiger charge is 2.14. The van der Waals surface area contributed by atoms with Crippen LogP contribution in [0.15, 0.2) is 6.07 Å². The summed E-state index contributed by atoms with van der Waals surface area (Å²) in [6, 6.07) is 2.02. The molecular formula is C12H15NS. The Morgan fingerprint density at radius 2 is 2.14 bits per heavy atom. The molecule has 14 heavy (non-hydrogen) atoms. The second kappa shape index (κ2) is 4.16. The zero-order chi connectivity index (χ0) is 9.97. The summed E-state index contributed by atoms with van der Waals surface area (Å²) in [4.78, 5) is 2.68. The molecule has 2 N–H and O–H groups in total. The highest BCUT2D eigenvalue weighted by molar-refractivity contribution is 7.12. The molecule has 0 aromatic carbocycles. The van der Waals surface area contributed by atoms with Crippen molar-refractivity contribution in [1.82, 2.24) is 0 Å². The minimum absolute atomic E-state index is 0.202. The van der Waals surface area contributed by atoms with Gasteiger partial charge in [-0.25, -0.2) is 0 Å². The quantitative estimate of drug-likeness (QED) is 0.553. The van der Waals surface area contributed by atoms with E-state index in [2.05, 4.69) is 12.0 Å².